The van der Waals surface area contributed by atoms with Crippen molar-refractivity contribution in [3.05, 3.63) is 65.0 Å². The van der Waals surface area contributed by atoms with Crippen LogP contribution in [-0.4, -0.2) is 5.91 Å². The second-order valence-electron chi connectivity index (χ2n) is 4.92. The average molecular weight is 270 g/mol. The number of amides is 1. The summed E-state index contributed by atoms with van der Waals surface area (Å²) in [5.74, 6) is -0.303. The molecule has 1 amide bonds. The molecule has 0 atom stereocenters. The summed E-state index contributed by atoms with van der Waals surface area (Å²) >= 11 is 0. The molecule has 0 saturated carbocycles. The number of halogens is 1. The molecule has 1 heterocycles. The lowest BCUT2D eigenvalue weighted by molar-refractivity contribution is -0.117. The molecule has 2 aromatic carbocycles. The Morgan fingerprint density at radius 2 is 2.00 bits per heavy atom. The van der Waals surface area contributed by atoms with Crippen LogP contribution in [0.5, 0.6) is 0 Å². The minimum absolute atomic E-state index is 0.00347. The monoisotopic (exact) mass is 270 g/mol. The maximum atomic E-state index is 13.9. The van der Waals surface area contributed by atoms with E-state index in [1.165, 1.54) is 6.07 Å². The Morgan fingerprint density at radius 1 is 1.20 bits per heavy atom. The summed E-state index contributed by atoms with van der Waals surface area (Å²) in [4.78, 5) is 13.7. The number of carbonyl (C=O) groups is 1. The van der Waals surface area contributed by atoms with Gasteiger partial charge in [-0.05, 0) is 29.3 Å². The van der Waals surface area contributed by atoms with Crippen LogP contribution in [0, 0.1) is 5.82 Å². The van der Waals surface area contributed by atoms with Crippen LogP contribution in [0.2, 0.25) is 0 Å². The first-order valence-corrected chi connectivity index (χ1v) is 6.54. The summed E-state index contributed by atoms with van der Waals surface area (Å²) in [6, 6.07) is 12.4. The molecule has 20 heavy (non-hydrogen) atoms. The summed E-state index contributed by atoms with van der Waals surface area (Å²) in [6.07, 6.45) is 0.383. The van der Waals surface area contributed by atoms with E-state index in [-0.39, 0.29) is 18.3 Å². The molecule has 0 fully saturated rings. The number of hydrogen-bond acceptors (Lipinski definition) is 2. The van der Waals surface area contributed by atoms with Gasteiger partial charge in [-0.25, -0.2) is 4.39 Å². The van der Waals surface area contributed by atoms with Crippen molar-refractivity contribution in [2.75, 3.05) is 4.90 Å². The van der Waals surface area contributed by atoms with E-state index in [9.17, 15) is 9.18 Å². The zero-order valence-corrected chi connectivity index (χ0v) is 11.0. The SMILES string of the molecule is NCc1ccc(F)c(CN2C(=O)Cc3ccccc32)c1. The van der Waals surface area contributed by atoms with E-state index < -0.39 is 0 Å². The molecule has 1 aliphatic rings. The number of hydrogen-bond donors (Lipinski definition) is 1. The fourth-order valence-electron chi connectivity index (χ4n) is 2.54. The zero-order chi connectivity index (χ0) is 14.1. The van der Waals surface area contributed by atoms with Gasteiger partial charge in [0, 0.05) is 17.8 Å². The highest BCUT2D eigenvalue weighted by Crippen LogP contribution is 2.30. The van der Waals surface area contributed by atoms with Crippen LogP contribution in [0.25, 0.3) is 0 Å². The van der Waals surface area contributed by atoms with Crippen molar-refractivity contribution >= 4 is 11.6 Å². The zero-order valence-electron chi connectivity index (χ0n) is 11.0. The maximum absolute atomic E-state index is 13.9. The Morgan fingerprint density at radius 3 is 2.80 bits per heavy atom. The number of anilines is 1. The largest absolute Gasteiger partial charge is 0.326 e. The van der Waals surface area contributed by atoms with E-state index in [1.807, 2.05) is 24.3 Å². The van der Waals surface area contributed by atoms with E-state index >= 15 is 0 Å². The van der Waals surface area contributed by atoms with Gasteiger partial charge in [0.25, 0.3) is 0 Å². The Balaban J connectivity index is 1.94. The molecule has 3 nitrogen and oxygen atoms in total. The molecular formula is C16H15FN2O. The Labute approximate surface area is 116 Å². The second kappa shape index (κ2) is 5.06. The molecule has 0 bridgehead atoms. The van der Waals surface area contributed by atoms with Crippen LogP contribution in [0.1, 0.15) is 16.7 Å². The molecule has 0 aromatic heterocycles. The third-order valence-electron chi connectivity index (χ3n) is 3.60. The molecule has 0 radical (unpaired) electrons. The van der Waals surface area contributed by atoms with Crippen LogP contribution < -0.4 is 10.6 Å². The Hall–Kier alpha value is -2.20. The minimum atomic E-state index is -0.306. The normalized spacial score (nSPS) is 13.7. The van der Waals surface area contributed by atoms with Gasteiger partial charge in [-0.3, -0.25) is 4.79 Å². The van der Waals surface area contributed by atoms with Gasteiger partial charge in [0.2, 0.25) is 5.91 Å². The Bertz CT molecular complexity index is 669. The van der Waals surface area contributed by atoms with Crippen LogP contribution in [-0.2, 0) is 24.3 Å². The quantitative estimate of drug-likeness (QED) is 0.930. The summed E-state index contributed by atoms with van der Waals surface area (Å²) in [6.45, 7) is 0.604. The first-order valence-electron chi connectivity index (χ1n) is 6.54. The van der Waals surface area contributed by atoms with Crippen molar-refractivity contribution in [1.29, 1.82) is 0 Å². The van der Waals surface area contributed by atoms with E-state index in [4.69, 9.17) is 5.73 Å². The molecule has 102 valence electrons. The highest BCUT2D eigenvalue weighted by Gasteiger charge is 2.27. The smallest absolute Gasteiger partial charge is 0.231 e. The van der Waals surface area contributed by atoms with Gasteiger partial charge >= 0.3 is 0 Å². The van der Waals surface area contributed by atoms with Gasteiger partial charge in [-0.1, -0.05) is 24.3 Å². The first-order chi connectivity index (χ1) is 9.69. The highest BCUT2D eigenvalue weighted by atomic mass is 19.1. The number of rotatable bonds is 3. The van der Waals surface area contributed by atoms with Gasteiger partial charge in [0.15, 0.2) is 0 Å². The number of para-hydroxylation sites is 1. The van der Waals surface area contributed by atoms with E-state index in [1.54, 1.807) is 17.0 Å². The standard InChI is InChI=1S/C16H15FN2O/c17-14-6-5-11(9-18)7-13(14)10-19-15-4-2-1-3-12(15)8-16(19)20/h1-7H,8-10,18H2. The molecule has 0 spiro atoms. The van der Waals surface area contributed by atoms with E-state index in [2.05, 4.69) is 0 Å². The average Bonchev–Trinajstić information content (AvgIpc) is 2.77. The van der Waals surface area contributed by atoms with Gasteiger partial charge in [-0.15, -0.1) is 0 Å². The van der Waals surface area contributed by atoms with Crippen molar-refractivity contribution in [1.82, 2.24) is 0 Å². The summed E-state index contributed by atoms with van der Waals surface area (Å²) in [5, 5.41) is 0. The maximum Gasteiger partial charge on any atom is 0.231 e. The van der Waals surface area contributed by atoms with Crippen LogP contribution in [0.4, 0.5) is 10.1 Å². The lowest BCUT2D eigenvalue weighted by Crippen LogP contribution is -2.26. The van der Waals surface area contributed by atoms with Crippen LogP contribution >= 0.6 is 0 Å². The summed E-state index contributed by atoms with van der Waals surface area (Å²) in [5.41, 5.74) is 8.80. The van der Waals surface area contributed by atoms with Crippen molar-refractivity contribution in [2.24, 2.45) is 5.73 Å². The third kappa shape index (κ3) is 2.18. The van der Waals surface area contributed by atoms with E-state index in [0.29, 0.717) is 18.5 Å². The molecule has 0 saturated heterocycles. The number of fused-ring (bicyclic) bond motifs is 1. The summed E-state index contributed by atoms with van der Waals surface area (Å²) in [7, 11) is 0. The molecule has 3 rings (SSSR count). The van der Waals surface area contributed by atoms with Gasteiger partial charge in [-0.2, -0.15) is 0 Å². The topological polar surface area (TPSA) is 46.3 Å². The molecule has 1 aliphatic heterocycles. The molecule has 0 unspecified atom stereocenters. The van der Waals surface area contributed by atoms with Crippen LogP contribution in [0.3, 0.4) is 0 Å². The fraction of sp³-hybridized carbons (Fsp3) is 0.188. The van der Waals surface area contributed by atoms with Crippen molar-refractivity contribution in [3.63, 3.8) is 0 Å². The van der Waals surface area contributed by atoms with E-state index in [0.717, 1.165) is 16.8 Å². The lowest BCUT2D eigenvalue weighted by atomic mass is 10.1. The van der Waals surface area contributed by atoms with Crippen molar-refractivity contribution in [2.45, 2.75) is 19.5 Å². The second-order valence-corrected chi connectivity index (χ2v) is 4.92. The Kier molecular flexibility index (Phi) is 3.24. The van der Waals surface area contributed by atoms with Crippen molar-refractivity contribution < 1.29 is 9.18 Å². The predicted molar refractivity (Wildman–Crippen MR) is 75.6 cm³/mol. The van der Waals surface area contributed by atoms with Crippen molar-refractivity contribution in [3.8, 4) is 0 Å². The number of nitrogens with zero attached hydrogens (tertiary/aromatic N) is 1. The number of nitrogens with two attached hydrogens (primary N) is 1. The molecule has 2 N–H and O–H groups in total. The minimum Gasteiger partial charge on any atom is -0.326 e. The first kappa shape index (κ1) is 12.8. The van der Waals surface area contributed by atoms with Gasteiger partial charge < -0.3 is 10.6 Å². The lowest BCUT2D eigenvalue weighted by Gasteiger charge is -2.18. The number of carbonyl (C=O) groups excluding carboxylic acids is 1. The fourth-order valence-corrected chi connectivity index (χ4v) is 2.54. The molecule has 2 aromatic rings. The van der Waals surface area contributed by atoms with Crippen LogP contribution in [0.15, 0.2) is 42.5 Å². The molecule has 4 heteroatoms. The molecule has 0 aliphatic carbocycles. The van der Waals surface area contributed by atoms with Gasteiger partial charge in [0.1, 0.15) is 5.82 Å². The molecular weight excluding hydrogens is 255 g/mol. The van der Waals surface area contributed by atoms with Gasteiger partial charge in [0.05, 0.1) is 13.0 Å². The predicted octanol–water partition coefficient (Wildman–Crippen LogP) is 2.37. The number of benzene rings is 2. The summed E-state index contributed by atoms with van der Waals surface area (Å²) < 4.78 is 13.9. The highest BCUT2D eigenvalue weighted by molar-refractivity contribution is 6.01. The third-order valence-corrected chi connectivity index (χ3v) is 3.60.